The Labute approximate surface area is 109 Å². The van der Waals surface area contributed by atoms with Crippen molar-refractivity contribution in [2.45, 2.75) is 6.10 Å². The molecule has 2 aromatic rings. The van der Waals surface area contributed by atoms with Gasteiger partial charge in [-0.25, -0.2) is 0 Å². The molecule has 5 heteroatoms. The zero-order chi connectivity index (χ0) is 11.7. The first kappa shape index (κ1) is 11.3. The van der Waals surface area contributed by atoms with E-state index in [4.69, 9.17) is 16.3 Å². The van der Waals surface area contributed by atoms with E-state index in [1.54, 1.807) is 11.5 Å². The number of benzene rings is 1. The summed E-state index contributed by atoms with van der Waals surface area (Å²) >= 11 is 7.42. The lowest BCUT2D eigenvalue weighted by molar-refractivity contribution is 0.0558. The van der Waals surface area contributed by atoms with E-state index in [9.17, 15) is 0 Å². The van der Waals surface area contributed by atoms with Crippen LogP contribution in [0.15, 0.2) is 24.3 Å². The first-order valence-corrected chi connectivity index (χ1v) is 6.96. The molecule has 1 aromatic carbocycles. The van der Waals surface area contributed by atoms with E-state index >= 15 is 0 Å². The summed E-state index contributed by atoms with van der Waals surface area (Å²) in [5.74, 6) is 0.549. The predicted octanol–water partition coefficient (Wildman–Crippen LogP) is 2.74. The molecule has 1 atom stereocenters. The van der Waals surface area contributed by atoms with Gasteiger partial charge in [0, 0.05) is 18.5 Å². The summed E-state index contributed by atoms with van der Waals surface area (Å²) in [6.45, 7) is 2.51. The normalized spacial score (nSPS) is 21.0. The smallest absolute Gasteiger partial charge is 0.120 e. The second-order valence-electron chi connectivity index (χ2n) is 4.10. The molecule has 0 spiro atoms. The first-order valence-electron chi connectivity index (χ1n) is 5.65. The molecule has 0 N–H and O–H groups in total. The van der Waals surface area contributed by atoms with Gasteiger partial charge >= 0.3 is 0 Å². The number of anilines is 1. The maximum atomic E-state index is 5.86. The van der Waals surface area contributed by atoms with Crippen molar-refractivity contribution < 1.29 is 4.74 Å². The number of aromatic nitrogens is 1. The minimum Gasteiger partial charge on any atom is -0.373 e. The fourth-order valence-electron chi connectivity index (χ4n) is 2.10. The molecular formula is C12H13ClN2OS. The van der Waals surface area contributed by atoms with E-state index in [-0.39, 0.29) is 6.10 Å². The van der Waals surface area contributed by atoms with E-state index in [0.717, 1.165) is 25.2 Å². The lowest BCUT2D eigenvalue weighted by Crippen LogP contribution is -2.43. The van der Waals surface area contributed by atoms with Gasteiger partial charge in [-0.3, -0.25) is 0 Å². The maximum absolute atomic E-state index is 5.86. The summed E-state index contributed by atoms with van der Waals surface area (Å²) in [7, 11) is 0. The Hall–Kier alpha value is -0.840. The van der Waals surface area contributed by atoms with E-state index in [1.807, 2.05) is 6.07 Å². The van der Waals surface area contributed by atoms with Gasteiger partial charge in [0.1, 0.15) is 5.00 Å². The number of alkyl halides is 1. The number of ether oxygens (including phenoxy) is 1. The van der Waals surface area contributed by atoms with Crippen LogP contribution < -0.4 is 4.90 Å². The minimum absolute atomic E-state index is 0.131. The zero-order valence-corrected chi connectivity index (χ0v) is 10.9. The molecule has 90 valence electrons. The SMILES string of the molecule is ClCC1CN(c2snc3ccccc23)CCO1. The molecule has 3 nitrogen and oxygen atoms in total. The van der Waals surface area contributed by atoms with Gasteiger partial charge < -0.3 is 9.64 Å². The molecule has 0 amide bonds. The molecule has 0 saturated carbocycles. The molecular weight excluding hydrogens is 256 g/mol. The Morgan fingerprint density at radius 2 is 2.35 bits per heavy atom. The van der Waals surface area contributed by atoms with Gasteiger partial charge in [-0.15, -0.1) is 11.6 Å². The first-order chi connectivity index (χ1) is 8.38. The zero-order valence-electron chi connectivity index (χ0n) is 9.30. The van der Waals surface area contributed by atoms with Gasteiger partial charge in [-0.05, 0) is 23.7 Å². The number of hydrogen-bond acceptors (Lipinski definition) is 4. The molecule has 0 radical (unpaired) electrons. The average molecular weight is 269 g/mol. The monoisotopic (exact) mass is 268 g/mol. The minimum atomic E-state index is 0.131. The van der Waals surface area contributed by atoms with Gasteiger partial charge in [-0.1, -0.05) is 12.1 Å². The van der Waals surface area contributed by atoms with Crippen LogP contribution >= 0.6 is 23.1 Å². The Morgan fingerprint density at radius 1 is 1.47 bits per heavy atom. The topological polar surface area (TPSA) is 25.4 Å². The van der Waals surface area contributed by atoms with Crippen LogP contribution in [0.1, 0.15) is 0 Å². The summed E-state index contributed by atoms with van der Waals surface area (Å²) < 4.78 is 10.0. The Bertz CT molecular complexity index is 516. The van der Waals surface area contributed by atoms with Crippen LogP contribution in [-0.4, -0.2) is 36.1 Å². The third kappa shape index (κ3) is 2.12. The summed E-state index contributed by atoms with van der Waals surface area (Å²) in [6.07, 6.45) is 0.131. The van der Waals surface area contributed by atoms with Crippen molar-refractivity contribution in [1.29, 1.82) is 0 Å². The van der Waals surface area contributed by atoms with Crippen molar-refractivity contribution in [3.8, 4) is 0 Å². The van der Waals surface area contributed by atoms with Crippen molar-refractivity contribution in [2.24, 2.45) is 0 Å². The van der Waals surface area contributed by atoms with Crippen LogP contribution in [-0.2, 0) is 4.74 Å². The molecule has 0 bridgehead atoms. The highest BCUT2D eigenvalue weighted by Crippen LogP contribution is 2.32. The van der Waals surface area contributed by atoms with Gasteiger partial charge in [0.15, 0.2) is 0 Å². The summed E-state index contributed by atoms with van der Waals surface area (Å²) in [5, 5.41) is 2.46. The fourth-order valence-corrected chi connectivity index (χ4v) is 3.18. The molecule has 1 saturated heterocycles. The van der Waals surface area contributed by atoms with Crippen LogP contribution in [0.4, 0.5) is 5.00 Å². The van der Waals surface area contributed by atoms with Gasteiger partial charge in [0.25, 0.3) is 0 Å². The number of nitrogens with zero attached hydrogens (tertiary/aromatic N) is 2. The molecule has 1 unspecified atom stereocenters. The van der Waals surface area contributed by atoms with Crippen LogP contribution in [0.3, 0.4) is 0 Å². The van der Waals surface area contributed by atoms with Crippen molar-refractivity contribution in [2.75, 3.05) is 30.5 Å². The standard InChI is InChI=1S/C12H13ClN2OS/c13-7-9-8-15(5-6-16-9)12-10-3-1-2-4-11(10)14-17-12/h1-4,9H,5-8H2. The Morgan fingerprint density at radius 3 is 3.24 bits per heavy atom. The quantitative estimate of drug-likeness (QED) is 0.783. The van der Waals surface area contributed by atoms with Crippen molar-refractivity contribution >= 4 is 39.0 Å². The predicted molar refractivity (Wildman–Crippen MR) is 72.3 cm³/mol. The molecule has 2 heterocycles. The highest BCUT2D eigenvalue weighted by Gasteiger charge is 2.22. The lowest BCUT2D eigenvalue weighted by Gasteiger charge is -2.32. The van der Waals surface area contributed by atoms with Crippen LogP contribution in [0, 0.1) is 0 Å². The molecule has 0 aliphatic carbocycles. The molecule has 1 aromatic heterocycles. The van der Waals surface area contributed by atoms with Gasteiger partial charge in [0.2, 0.25) is 0 Å². The average Bonchev–Trinajstić information content (AvgIpc) is 2.82. The highest BCUT2D eigenvalue weighted by molar-refractivity contribution is 7.11. The largest absolute Gasteiger partial charge is 0.373 e. The third-order valence-electron chi connectivity index (χ3n) is 2.96. The lowest BCUT2D eigenvalue weighted by atomic mass is 10.2. The maximum Gasteiger partial charge on any atom is 0.120 e. The van der Waals surface area contributed by atoms with Gasteiger partial charge in [0.05, 0.1) is 24.1 Å². The summed E-state index contributed by atoms with van der Waals surface area (Å²) in [6, 6.07) is 8.25. The van der Waals surface area contributed by atoms with E-state index in [1.165, 1.54) is 10.4 Å². The molecule has 17 heavy (non-hydrogen) atoms. The second-order valence-corrected chi connectivity index (χ2v) is 5.16. The summed E-state index contributed by atoms with van der Waals surface area (Å²) in [5.41, 5.74) is 1.07. The van der Waals surface area contributed by atoms with Crippen molar-refractivity contribution in [3.05, 3.63) is 24.3 Å². The highest BCUT2D eigenvalue weighted by atomic mass is 35.5. The fraction of sp³-hybridized carbons (Fsp3) is 0.417. The Kier molecular flexibility index (Phi) is 3.18. The van der Waals surface area contributed by atoms with Gasteiger partial charge in [-0.2, -0.15) is 4.37 Å². The Balaban J connectivity index is 1.92. The molecule has 1 aliphatic heterocycles. The number of hydrogen-bond donors (Lipinski definition) is 0. The number of halogens is 1. The molecule has 3 rings (SSSR count). The van der Waals surface area contributed by atoms with E-state index in [0.29, 0.717) is 5.88 Å². The van der Waals surface area contributed by atoms with Crippen molar-refractivity contribution in [1.82, 2.24) is 4.37 Å². The number of fused-ring (bicyclic) bond motifs is 1. The van der Waals surface area contributed by atoms with Crippen LogP contribution in [0.5, 0.6) is 0 Å². The van der Waals surface area contributed by atoms with E-state index < -0.39 is 0 Å². The second kappa shape index (κ2) is 4.80. The third-order valence-corrected chi connectivity index (χ3v) is 4.25. The van der Waals surface area contributed by atoms with Crippen LogP contribution in [0.2, 0.25) is 0 Å². The van der Waals surface area contributed by atoms with E-state index in [2.05, 4.69) is 27.5 Å². The van der Waals surface area contributed by atoms with Crippen LogP contribution in [0.25, 0.3) is 10.9 Å². The number of rotatable bonds is 2. The molecule has 1 fully saturated rings. The van der Waals surface area contributed by atoms with Crippen molar-refractivity contribution in [3.63, 3.8) is 0 Å². The molecule has 1 aliphatic rings. The summed E-state index contributed by atoms with van der Waals surface area (Å²) in [4.78, 5) is 2.33. The number of morpholine rings is 1.